The molecule has 0 aliphatic rings. The predicted octanol–water partition coefficient (Wildman–Crippen LogP) is 3.69. The summed E-state index contributed by atoms with van der Waals surface area (Å²) in [5, 5.41) is 3.23. The Bertz CT molecular complexity index is 740. The lowest BCUT2D eigenvalue weighted by Crippen LogP contribution is -2.09. The highest BCUT2D eigenvalue weighted by Gasteiger charge is 2.12. The van der Waals surface area contributed by atoms with E-state index in [0.29, 0.717) is 16.0 Å². The van der Waals surface area contributed by atoms with Crippen molar-refractivity contribution in [3.63, 3.8) is 0 Å². The first-order valence-electron chi connectivity index (χ1n) is 5.63. The number of fused-ring (bicyclic) bond motifs is 1. The molecule has 19 heavy (non-hydrogen) atoms. The zero-order chi connectivity index (χ0) is 13.2. The van der Waals surface area contributed by atoms with Gasteiger partial charge in [0.05, 0.1) is 4.88 Å². The molecule has 0 bridgehead atoms. The van der Waals surface area contributed by atoms with Crippen molar-refractivity contribution < 1.29 is 9.18 Å². The molecule has 0 atom stereocenters. The minimum Gasteiger partial charge on any atom is -0.321 e. The molecule has 0 saturated heterocycles. The minimum absolute atomic E-state index is 0.244. The number of anilines is 1. The summed E-state index contributed by atoms with van der Waals surface area (Å²) in [5.74, 6) is -0.552. The van der Waals surface area contributed by atoms with E-state index in [0.717, 1.165) is 4.70 Å². The predicted molar refractivity (Wildman–Crippen MR) is 74.0 cm³/mol. The van der Waals surface area contributed by atoms with Crippen LogP contribution in [0, 0.1) is 5.82 Å². The lowest BCUT2D eigenvalue weighted by atomic mass is 10.2. The lowest BCUT2D eigenvalue weighted by molar-refractivity contribution is 0.103. The number of carbonyl (C=O) groups is 1. The van der Waals surface area contributed by atoms with Crippen molar-refractivity contribution in [3.05, 3.63) is 59.5 Å². The largest absolute Gasteiger partial charge is 0.321 e. The van der Waals surface area contributed by atoms with Crippen molar-refractivity contribution in [1.29, 1.82) is 0 Å². The zero-order valence-corrected chi connectivity index (χ0v) is 10.6. The van der Waals surface area contributed by atoms with E-state index in [9.17, 15) is 9.18 Å². The maximum absolute atomic E-state index is 13.6. The van der Waals surface area contributed by atoms with E-state index in [4.69, 9.17) is 0 Å². The number of hydrogen-bond donors (Lipinski definition) is 1. The Kier molecular flexibility index (Phi) is 2.97. The number of amides is 1. The van der Waals surface area contributed by atoms with Crippen molar-refractivity contribution in [2.45, 2.75) is 0 Å². The fraction of sp³-hybridized carbons (Fsp3) is 0. The summed E-state index contributed by atoms with van der Waals surface area (Å²) in [6.07, 6.45) is 3.19. The maximum atomic E-state index is 13.6. The Morgan fingerprint density at radius 1 is 1.21 bits per heavy atom. The highest BCUT2D eigenvalue weighted by molar-refractivity contribution is 7.20. The van der Waals surface area contributed by atoms with E-state index in [1.54, 1.807) is 42.7 Å². The van der Waals surface area contributed by atoms with Crippen molar-refractivity contribution in [2.24, 2.45) is 0 Å². The van der Waals surface area contributed by atoms with E-state index in [1.807, 2.05) is 0 Å². The number of benzene rings is 1. The average molecular weight is 272 g/mol. The van der Waals surface area contributed by atoms with Crippen LogP contribution in [0.4, 0.5) is 10.1 Å². The third kappa shape index (κ3) is 2.32. The number of nitrogens with zero attached hydrogens (tertiary/aromatic N) is 1. The van der Waals surface area contributed by atoms with Gasteiger partial charge in [-0.3, -0.25) is 9.78 Å². The highest BCUT2D eigenvalue weighted by atomic mass is 32.1. The van der Waals surface area contributed by atoms with Crippen molar-refractivity contribution in [3.8, 4) is 0 Å². The van der Waals surface area contributed by atoms with Gasteiger partial charge in [0.15, 0.2) is 0 Å². The molecule has 94 valence electrons. The Hall–Kier alpha value is -2.27. The first-order valence-corrected chi connectivity index (χ1v) is 6.45. The second-order valence-corrected chi connectivity index (χ2v) is 5.04. The fourth-order valence-electron chi connectivity index (χ4n) is 1.77. The SMILES string of the molecule is O=C(Nc1ccncc1)c1cc2c(F)cccc2s1. The summed E-state index contributed by atoms with van der Waals surface area (Å²) in [4.78, 5) is 16.4. The Balaban J connectivity index is 1.92. The third-order valence-corrected chi connectivity index (χ3v) is 3.77. The molecule has 0 aliphatic heterocycles. The standard InChI is InChI=1S/C14H9FN2OS/c15-11-2-1-3-12-10(11)8-13(19-12)14(18)17-9-4-6-16-7-5-9/h1-8H,(H,16,17,18). The number of carbonyl (C=O) groups excluding carboxylic acids is 1. The Morgan fingerprint density at radius 2 is 2.00 bits per heavy atom. The van der Waals surface area contributed by atoms with Gasteiger partial charge in [-0.2, -0.15) is 0 Å². The summed E-state index contributed by atoms with van der Waals surface area (Å²) >= 11 is 1.27. The number of aromatic nitrogens is 1. The minimum atomic E-state index is -0.309. The molecule has 0 radical (unpaired) electrons. The zero-order valence-electron chi connectivity index (χ0n) is 9.76. The number of halogens is 1. The molecule has 0 unspecified atom stereocenters. The number of rotatable bonds is 2. The van der Waals surface area contributed by atoms with Gasteiger partial charge in [-0.25, -0.2) is 4.39 Å². The monoisotopic (exact) mass is 272 g/mol. The Morgan fingerprint density at radius 3 is 2.74 bits per heavy atom. The van der Waals surface area contributed by atoms with Gasteiger partial charge in [-0.05, 0) is 30.3 Å². The van der Waals surface area contributed by atoms with Gasteiger partial charge in [-0.1, -0.05) is 6.07 Å². The van der Waals surface area contributed by atoms with Crippen LogP contribution >= 0.6 is 11.3 Å². The van der Waals surface area contributed by atoms with Crippen molar-refractivity contribution in [2.75, 3.05) is 5.32 Å². The van der Waals surface area contributed by atoms with Crippen LogP contribution in [0.3, 0.4) is 0 Å². The second kappa shape index (κ2) is 4.78. The van der Waals surface area contributed by atoms with E-state index in [1.165, 1.54) is 17.4 Å². The van der Waals surface area contributed by atoms with Crippen LogP contribution in [0.5, 0.6) is 0 Å². The third-order valence-electron chi connectivity index (χ3n) is 2.67. The quantitative estimate of drug-likeness (QED) is 0.773. The highest BCUT2D eigenvalue weighted by Crippen LogP contribution is 2.28. The molecule has 0 fully saturated rings. The normalized spacial score (nSPS) is 10.6. The van der Waals surface area contributed by atoms with Crippen LogP contribution in [0.15, 0.2) is 48.8 Å². The second-order valence-electron chi connectivity index (χ2n) is 3.95. The van der Waals surface area contributed by atoms with Gasteiger partial charge in [0, 0.05) is 28.2 Å². The molecule has 5 heteroatoms. The van der Waals surface area contributed by atoms with Gasteiger partial charge >= 0.3 is 0 Å². The van der Waals surface area contributed by atoms with Crippen molar-refractivity contribution in [1.82, 2.24) is 4.98 Å². The molecule has 0 aliphatic carbocycles. The average Bonchev–Trinajstić information content (AvgIpc) is 2.85. The molecule has 1 N–H and O–H groups in total. The van der Waals surface area contributed by atoms with Gasteiger partial charge in [-0.15, -0.1) is 11.3 Å². The van der Waals surface area contributed by atoms with E-state index >= 15 is 0 Å². The summed E-state index contributed by atoms with van der Waals surface area (Å²) < 4.78 is 14.3. The van der Waals surface area contributed by atoms with E-state index in [-0.39, 0.29) is 11.7 Å². The van der Waals surface area contributed by atoms with Gasteiger partial charge < -0.3 is 5.32 Å². The molecular weight excluding hydrogens is 263 g/mol. The molecule has 1 amide bonds. The first-order chi connectivity index (χ1) is 9.24. The maximum Gasteiger partial charge on any atom is 0.265 e. The number of pyridine rings is 1. The molecule has 1 aromatic carbocycles. The summed E-state index contributed by atoms with van der Waals surface area (Å²) in [5.41, 5.74) is 0.665. The fourth-order valence-corrected chi connectivity index (χ4v) is 2.74. The van der Waals surface area contributed by atoms with Crippen LogP contribution in [0.1, 0.15) is 9.67 Å². The molecular formula is C14H9FN2OS. The van der Waals surface area contributed by atoms with Crippen LogP contribution in [0.2, 0.25) is 0 Å². The smallest absolute Gasteiger partial charge is 0.265 e. The Labute approximate surface area is 112 Å². The van der Waals surface area contributed by atoms with Gasteiger partial charge in [0.2, 0.25) is 0 Å². The van der Waals surface area contributed by atoms with E-state index in [2.05, 4.69) is 10.3 Å². The number of thiophene rings is 1. The van der Waals surface area contributed by atoms with Gasteiger partial charge in [0.25, 0.3) is 5.91 Å². The molecule has 2 aromatic heterocycles. The summed E-state index contributed by atoms with van der Waals surface area (Å²) in [6.45, 7) is 0. The van der Waals surface area contributed by atoms with Crippen LogP contribution in [-0.2, 0) is 0 Å². The topological polar surface area (TPSA) is 42.0 Å². The molecule has 3 rings (SSSR count). The van der Waals surface area contributed by atoms with Crippen LogP contribution < -0.4 is 5.32 Å². The van der Waals surface area contributed by atoms with Crippen LogP contribution in [-0.4, -0.2) is 10.9 Å². The summed E-state index contributed by atoms with van der Waals surface area (Å²) in [6, 6.07) is 9.80. The molecule has 3 nitrogen and oxygen atoms in total. The molecule has 0 saturated carbocycles. The van der Waals surface area contributed by atoms with Crippen molar-refractivity contribution >= 4 is 33.0 Å². The van der Waals surface area contributed by atoms with Crippen LogP contribution in [0.25, 0.3) is 10.1 Å². The first kappa shape index (κ1) is 11.8. The number of nitrogens with one attached hydrogen (secondary N) is 1. The summed E-state index contributed by atoms with van der Waals surface area (Å²) in [7, 11) is 0. The molecule has 3 aromatic rings. The van der Waals surface area contributed by atoms with Gasteiger partial charge in [0.1, 0.15) is 5.82 Å². The van der Waals surface area contributed by atoms with E-state index < -0.39 is 0 Å². The number of hydrogen-bond acceptors (Lipinski definition) is 3. The molecule has 2 heterocycles. The molecule has 0 spiro atoms. The lowest BCUT2D eigenvalue weighted by Gasteiger charge is -2.01.